The van der Waals surface area contributed by atoms with Crippen molar-refractivity contribution in [1.82, 2.24) is 9.97 Å². The normalized spacial score (nSPS) is 14.3. The number of anilines is 2. The first-order valence-corrected chi connectivity index (χ1v) is 13.0. The van der Waals surface area contributed by atoms with Crippen molar-refractivity contribution in [1.29, 1.82) is 0 Å². The number of pyridine rings is 1. The third kappa shape index (κ3) is 5.01. The van der Waals surface area contributed by atoms with Crippen LogP contribution in [0, 0.1) is 19.8 Å². The number of ether oxygens (including phenoxy) is 1. The second kappa shape index (κ2) is 9.48. The number of carbonyl (C=O) groups excluding carboxylic acids is 1. The van der Waals surface area contributed by atoms with Crippen LogP contribution in [-0.2, 0) is 14.8 Å². The van der Waals surface area contributed by atoms with Crippen LogP contribution in [0.15, 0.2) is 41.4 Å². The zero-order chi connectivity index (χ0) is 23.6. The highest BCUT2D eigenvalue weighted by atomic mass is 32.2. The summed E-state index contributed by atoms with van der Waals surface area (Å²) >= 11 is 1.35. The highest BCUT2D eigenvalue weighted by Gasteiger charge is 2.25. The number of aromatic nitrogens is 2. The lowest BCUT2D eigenvalue weighted by Gasteiger charge is -2.13. The number of sulfonamides is 1. The summed E-state index contributed by atoms with van der Waals surface area (Å²) in [6, 6.07) is 8.48. The Morgan fingerprint density at radius 1 is 1.18 bits per heavy atom. The largest absolute Gasteiger partial charge is 0.480 e. The third-order valence-electron chi connectivity index (χ3n) is 5.70. The van der Waals surface area contributed by atoms with Gasteiger partial charge in [-0.1, -0.05) is 36.3 Å². The average Bonchev–Trinajstić information content (AvgIpc) is 3.44. The van der Waals surface area contributed by atoms with Gasteiger partial charge in [-0.3, -0.25) is 9.52 Å². The lowest BCUT2D eigenvalue weighted by atomic mass is 10.1. The average molecular weight is 487 g/mol. The molecule has 0 spiro atoms. The van der Waals surface area contributed by atoms with Crippen molar-refractivity contribution in [2.24, 2.45) is 5.92 Å². The summed E-state index contributed by atoms with van der Waals surface area (Å²) in [6.45, 7) is 3.59. The maximum Gasteiger partial charge on any atom is 0.262 e. The minimum Gasteiger partial charge on any atom is -0.480 e. The van der Waals surface area contributed by atoms with Crippen molar-refractivity contribution in [2.75, 3.05) is 17.1 Å². The van der Waals surface area contributed by atoms with E-state index in [-0.39, 0.29) is 28.3 Å². The molecule has 3 aromatic rings. The summed E-state index contributed by atoms with van der Waals surface area (Å²) in [5.41, 5.74) is 2.31. The van der Waals surface area contributed by atoms with Crippen LogP contribution in [0.4, 0.5) is 10.8 Å². The molecule has 2 aromatic heterocycles. The molecule has 0 unspecified atom stereocenters. The first kappa shape index (κ1) is 23.2. The molecule has 1 aromatic carbocycles. The van der Waals surface area contributed by atoms with Gasteiger partial charge in [0.25, 0.3) is 10.0 Å². The first-order valence-electron chi connectivity index (χ1n) is 10.7. The van der Waals surface area contributed by atoms with E-state index in [0.717, 1.165) is 41.8 Å². The van der Waals surface area contributed by atoms with E-state index in [1.807, 2.05) is 13.0 Å². The van der Waals surface area contributed by atoms with Gasteiger partial charge in [-0.2, -0.15) is 0 Å². The fraction of sp³-hybridized carbons (Fsp3) is 0.348. The molecule has 1 aliphatic carbocycles. The molecular formula is C23H26N4O4S2. The minimum absolute atomic E-state index is 0.00888. The summed E-state index contributed by atoms with van der Waals surface area (Å²) in [4.78, 5) is 22.0. The van der Waals surface area contributed by atoms with Gasteiger partial charge in [0.15, 0.2) is 5.13 Å². The van der Waals surface area contributed by atoms with Gasteiger partial charge < -0.3 is 10.1 Å². The van der Waals surface area contributed by atoms with E-state index in [9.17, 15) is 13.2 Å². The maximum absolute atomic E-state index is 13.2. The molecule has 0 aliphatic heterocycles. The molecule has 174 valence electrons. The molecule has 2 N–H and O–H groups in total. The van der Waals surface area contributed by atoms with Gasteiger partial charge in [-0.15, -0.1) is 0 Å². The predicted octanol–water partition coefficient (Wildman–Crippen LogP) is 4.76. The third-order valence-corrected chi connectivity index (χ3v) is 8.33. The van der Waals surface area contributed by atoms with Crippen LogP contribution in [0.5, 0.6) is 5.88 Å². The second-order valence-corrected chi connectivity index (χ2v) is 10.7. The molecule has 0 saturated heterocycles. The number of nitrogens with zero attached hydrogens (tertiary/aromatic N) is 2. The fourth-order valence-corrected chi connectivity index (χ4v) is 6.27. The van der Waals surface area contributed by atoms with E-state index in [1.165, 1.54) is 24.6 Å². The smallest absolute Gasteiger partial charge is 0.262 e. The number of hydrogen-bond acceptors (Lipinski definition) is 7. The molecule has 1 amide bonds. The van der Waals surface area contributed by atoms with Crippen LogP contribution in [0.25, 0.3) is 10.4 Å². The van der Waals surface area contributed by atoms with Crippen molar-refractivity contribution in [3.05, 3.63) is 47.8 Å². The number of nitrogens with one attached hydrogen (secondary N) is 2. The van der Waals surface area contributed by atoms with Gasteiger partial charge in [0.05, 0.1) is 22.6 Å². The Morgan fingerprint density at radius 3 is 2.67 bits per heavy atom. The Bertz CT molecular complexity index is 1280. The lowest BCUT2D eigenvalue weighted by molar-refractivity contribution is -0.119. The van der Waals surface area contributed by atoms with Gasteiger partial charge in [-0.25, -0.2) is 18.4 Å². The molecule has 10 heteroatoms. The number of amides is 1. The lowest BCUT2D eigenvalue weighted by Crippen LogP contribution is -2.20. The van der Waals surface area contributed by atoms with Gasteiger partial charge in [0.1, 0.15) is 5.69 Å². The number of aryl methyl sites for hydroxylation is 2. The van der Waals surface area contributed by atoms with E-state index in [1.54, 1.807) is 31.2 Å². The summed E-state index contributed by atoms with van der Waals surface area (Å²) < 4.78 is 34.1. The number of benzene rings is 1. The van der Waals surface area contributed by atoms with Crippen molar-refractivity contribution in [2.45, 2.75) is 44.4 Å². The van der Waals surface area contributed by atoms with E-state index in [0.29, 0.717) is 10.7 Å². The van der Waals surface area contributed by atoms with Crippen molar-refractivity contribution in [3.8, 4) is 16.3 Å². The zero-order valence-corrected chi connectivity index (χ0v) is 20.3. The first-order chi connectivity index (χ1) is 15.8. The molecule has 1 saturated carbocycles. The molecule has 2 heterocycles. The molecule has 33 heavy (non-hydrogen) atoms. The van der Waals surface area contributed by atoms with Crippen molar-refractivity contribution >= 4 is 38.1 Å². The summed E-state index contributed by atoms with van der Waals surface area (Å²) in [7, 11) is -2.47. The molecule has 1 aliphatic rings. The van der Waals surface area contributed by atoms with E-state index >= 15 is 0 Å². The van der Waals surface area contributed by atoms with Gasteiger partial charge in [0.2, 0.25) is 11.8 Å². The second-order valence-electron chi connectivity index (χ2n) is 8.05. The molecule has 1 fully saturated rings. The van der Waals surface area contributed by atoms with Crippen LogP contribution in [-0.4, -0.2) is 31.4 Å². The summed E-state index contributed by atoms with van der Waals surface area (Å²) in [6.07, 6.45) is 5.52. The van der Waals surface area contributed by atoms with E-state index < -0.39 is 10.0 Å². The molecule has 4 rings (SSSR count). The number of methoxy groups -OCH3 is 1. The number of carbonyl (C=O) groups is 1. The zero-order valence-electron chi connectivity index (χ0n) is 18.7. The van der Waals surface area contributed by atoms with Gasteiger partial charge in [0, 0.05) is 12.1 Å². The van der Waals surface area contributed by atoms with Crippen LogP contribution in [0.1, 0.15) is 36.9 Å². The van der Waals surface area contributed by atoms with Crippen molar-refractivity contribution < 1.29 is 17.9 Å². The summed E-state index contributed by atoms with van der Waals surface area (Å²) in [5.74, 6) is 0.245. The van der Waals surface area contributed by atoms with Crippen LogP contribution < -0.4 is 14.8 Å². The van der Waals surface area contributed by atoms with E-state index in [2.05, 4.69) is 20.0 Å². The molecule has 8 nitrogen and oxygen atoms in total. The van der Waals surface area contributed by atoms with Crippen LogP contribution in [0.2, 0.25) is 0 Å². The topological polar surface area (TPSA) is 110 Å². The van der Waals surface area contributed by atoms with Crippen molar-refractivity contribution in [3.63, 3.8) is 0 Å². The highest BCUT2D eigenvalue weighted by Crippen LogP contribution is 2.36. The Kier molecular flexibility index (Phi) is 6.66. The number of rotatable bonds is 7. The number of thiazole rings is 1. The Morgan fingerprint density at radius 2 is 1.94 bits per heavy atom. The Hall–Kier alpha value is -2.98. The van der Waals surface area contributed by atoms with Crippen LogP contribution >= 0.6 is 11.3 Å². The standard InChI is InChI=1S/C23H26N4O4S2/c1-14-10-11-17(13-19(14)33(29,30)27-18-9-6-12-24-22(18)31-3)20-15(2)25-23(32-20)26-21(28)16-7-4-5-8-16/h6,9-13,16,27H,4-5,7-8H2,1-3H3,(H,25,26,28). The molecular weight excluding hydrogens is 460 g/mol. The van der Waals surface area contributed by atoms with Gasteiger partial charge >= 0.3 is 0 Å². The Labute approximate surface area is 197 Å². The molecule has 0 radical (unpaired) electrons. The SMILES string of the molecule is COc1ncccc1NS(=O)(=O)c1cc(-c2sc(NC(=O)C3CCCC3)nc2C)ccc1C. The fourth-order valence-electron chi connectivity index (χ4n) is 3.97. The summed E-state index contributed by atoms with van der Waals surface area (Å²) in [5, 5.41) is 3.46. The number of hydrogen-bond donors (Lipinski definition) is 2. The van der Waals surface area contributed by atoms with Gasteiger partial charge in [-0.05, 0) is 56.0 Å². The quantitative estimate of drug-likeness (QED) is 0.498. The monoisotopic (exact) mass is 486 g/mol. The minimum atomic E-state index is -3.90. The molecule has 0 bridgehead atoms. The maximum atomic E-state index is 13.2. The van der Waals surface area contributed by atoms with Crippen LogP contribution in [0.3, 0.4) is 0 Å². The molecule has 0 atom stereocenters. The Balaban J connectivity index is 1.62. The highest BCUT2D eigenvalue weighted by molar-refractivity contribution is 7.92. The predicted molar refractivity (Wildman–Crippen MR) is 129 cm³/mol. The van der Waals surface area contributed by atoms with E-state index in [4.69, 9.17) is 4.74 Å².